The summed E-state index contributed by atoms with van der Waals surface area (Å²) < 4.78 is 23.3. The molecule has 1 unspecified atom stereocenters. The third-order valence-electron chi connectivity index (χ3n) is 4.24. The number of aromatic nitrogens is 2. The largest absolute Gasteiger partial charge is 0.347 e. The molecule has 1 amide bonds. The van der Waals surface area contributed by atoms with Gasteiger partial charge in [-0.25, -0.2) is 18.4 Å². The molecule has 0 spiro atoms. The van der Waals surface area contributed by atoms with E-state index in [0.717, 1.165) is 5.56 Å². The fraction of sp³-hybridized carbons (Fsp3) is 0.353. The lowest BCUT2D eigenvalue weighted by molar-refractivity contribution is 0.0946. The van der Waals surface area contributed by atoms with Crippen molar-refractivity contribution >= 4 is 21.7 Å². The summed E-state index contributed by atoms with van der Waals surface area (Å²) in [5.41, 5.74) is 1.26. The molecule has 1 aliphatic rings. The molecule has 2 aromatic rings. The van der Waals surface area contributed by atoms with Crippen LogP contribution in [0.25, 0.3) is 0 Å². The van der Waals surface area contributed by atoms with E-state index < -0.39 is 9.84 Å². The Labute approximate surface area is 147 Å². The number of nitrogens with one attached hydrogen (secondary N) is 1. The third-order valence-corrected chi connectivity index (χ3v) is 5.99. The lowest BCUT2D eigenvalue weighted by atomic mass is 10.2. The second kappa shape index (κ2) is 7.18. The molecule has 1 aromatic carbocycles. The predicted molar refractivity (Wildman–Crippen MR) is 95.1 cm³/mol. The summed E-state index contributed by atoms with van der Waals surface area (Å²) in [6.45, 7) is 0.412. The van der Waals surface area contributed by atoms with Crippen LogP contribution >= 0.6 is 0 Å². The Morgan fingerprint density at radius 3 is 2.72 bits per heavy atom. The maximum absolute atomic E-state index is 12.3. The number of anilines is 1. The van der Waals surface area contributed by atoms with E-state index in [-0.39, 0.29) is 29.1 Å². The van der Waals surface area contributed by atoms with Gasteiger partial charge in [0.2, 0.25) is 5.95 Å². The van der Waals surface area contributed by atoms with Crippen molar-refractivity contribution in [2.75, 3.05) is 23.5 Å². The number of hydrogen-bond acceptors (Lipinski definition) is 6. The number of carbonyl (C=O) groups excluding carboxylic acids is 1. The number of amides is 1. The Bertz CT molecular complexity index is 855. The van der Waals surface area contributed by atoms with Gasteiger partial charge in [-0.15, -0.1) is 0 Å². The summed E-state index contributed by atoms with van der Waals surface area (Å²) in [6.07, 6.45) is 2.06. The molecule has 1 aromatic heterocycles. The van der Waals surface area contributed by atoms with E-state index in [2.05, 4.69) is 15.3 Å². The van der Waals surface area contributed by atoms with E-state index in [4.69, 9.17) is 0 Å². The van der Waals surface area contributed by atoms with Gasteiger partial charge in [0.1, 0.15) is 5.69 Å². The highest BCUT2D eigenvalue weighted by Crippen LogP contribution is 2.20. The Morgan fingerprint density at radius 1 is 1.28 bits per heavy atom. The van der Waals surface area contributed by atoms with Gasteiger partial charge < -0.3 is 10.2 Å². The van der Waals surface area contributed by atoms with Crippen molar-refractivity contribution < 1.29 is 13.2 Å². The molecule has 0 saturated carbocycles. The number of sulfone groups is 1. The molecule has 2 heterocycles. The van der Waals surface area contributed by atoms with Crippen molar-refractivity contribution in [2.45, 2.75) is 19.0 Å². The van der Waals surface area contributed by atoms with Gasteiger partial charge >= 0.3 is 0 Å². The van der Waals surface area contributed by atoms with Crippen LogP contribution < -0.4 is 10.2 Å². The van der Waals surface area contributed by atoms with Crippen molar-refractivity contribution in [3.8, 4) is 0 Å². The normalized spacial score (nSPS) is 18.7. The van der Waals surface area contributed by atoms with E-state index in [1.807, 2.05) is 30.3 Å². The van der Waals surface area contributed by atoms with Crippen LogP contribution in [0.15, 0.2) is 42.6 Å². The van der Waals surface area contributed by atoms with Gasteiger partial charge in [0.15, 0.2) is 9.84 Å². The number of hydrogen-bond donors (Lipinski definition) is 1. The minimum atomic E-state index is -2.99. The minimum absolute atomic E-state index is 0.0945. The highest BCUT2D eigenvalue weighted by atomic mass is 32.2. The predicted octanol–water partition coefficient (Wildman–Crippen LogP) is 1.03. The van der Waals surface area contributed by atoms with E-state index in [0.29, 0.717) is 18.9 Å². The Morgan fingerprint density at radius 2 is 2.04 bits per heavy atom. The molecular weight excluding hydrogens is 340 g/mol. The highest BCUT2D eigenvalue weighted by molar-refractivity contribution is 7.91. The maximum Gasteiger partial charge on any atom is 0.270 e. The van der Waals surface area contributed by atoms with E-state index >= 15 is 0 Å². The molecule has 1 aliphatic heterocycles. The zero-order valence-corrected chi connectivity index (χ0v) is 14.7. The van der Waals surface area contributed by atoms with Crippen molar-refractivity contribution in [1.29, 1.82) is 0 Å². The summed E-state index contributed by atoms with van der Waals surface area (Å²) in [5.74, 6) is 0.339. The van der Waals surface area contributed by atoms with Gasteiger partial charge in [0, 0.05) is 25.8 Å². The molecule has 0 bridgehead atoms. The average Bonchev–Trinajstić information content (AvgIpc) is 3.00. The van der Waals surface area contributed by atoms with Gasteiger partial charge in [0.05, 0.1) is 11.5 Å². The molecule has 0 aliphatic carbocycles. The SMILES string of the molecule is CN(c1nccc(C(=O)NCc2ccccc2)n1)C1CCS(=O)(=O)C1. The van der Waals surface area contributed by atoms with E-state index in [1.54, 1.807) is 18.0 Å². The van der Waals surface area contributed by atoms with E-state index in [9.17, 15) is 13.2 Å². The smallest absolute Gasteiger partial charge is 0.270 e. The number of rotatable bonds is 5. The quantitative estimate of drug-likeness (QED) is 0.856. The molecule has 132 valence electrons. The molecule has 1 atom stereocenters. The lowest BCUT2D eigenvalue weighted by Gasteiger charge is -2.23. The van der Waals surface area contributed by atoms with Crippen LogP contribution in [-0.4, -0.2) is 48.9 Å². The fourth-order valence-electron chi connectivity index (χ4n) is 2.76. The molecule has 0 radical (unpaired) electrons. The first-order valence-electron chi connectivity index (χ1n) is 8.03. The molecule has 1 fully saturated rings. The molecule has 1 N–H and O–H groups in total. The summed E-state index contributed by atoms with van der Waals surface area (Å²) >= 11 is 0. The monoisotopic (exact) mass is 360 g/mol. The first kappa shape index (κ1) is 17.3. The molecule has 3 rings (SSSR count). The number of carbonyl (C=O) groups is 1. The first-order valence-corrected chi connectivity index (χ1v) is 9.85. The second-order valence-electron chi connectivity index (χ2n) is 6.08. The average molecular weight is 360 g/mol. The van der Waals surface area contributed by atoms with Crippen molar-refractivity contribution in [3.05, 3.63) is 53.9 Å². The zero-order valence-electron chi connectivity index (χ0n) is 13.9. The summed E-state index contributed by atoms with van der Waals surface area (Å²) in [6, 6.07) is 11.0. The van der Waals surface area contributed by atoms with Crippen molar-refractivity contribution in [1.82, 2.24) is 15.3 Å². The van der Waals surface area contributed by atoms with Gasteiger partial charge in [-0.05, 0) is 18.1 Å². The highest BCUT2D eigenvalue weighted by Gasteiger charge is 2.31. The number of benzene rings is 1. The lowest BCUT2D eigenvalue weighted by Crippen LogP contribution is -2.34. The zero-order chi connectivity index (χ0) is 17.9. The van der Waals surface area contributed by atoms with Crippen LogP contribution in [0.1, 0.15) is 22.5 Å². The molecular formula is C17H20N4O3S. The van der Waals surface area contributed by atoms with Gasteiger partial charge in [-0.3, -0.25) is 4.79 Å². The van der Waals surface area contributed by atoms with Crippen LogP contribution in [0.3, 0.4) is 0 Å². The summed E-state index contributed by atoms with van der Waals surface area (Å²) in [5, 5.41) is 2.82. The van der Waals surface area contributed by atoms with Crippen molar-refractivity contribution in [3.63, 3.8) is 0 Å². The standard InChI is InChI=1S/C17H20N4O3S/c1-21(14-8-10-25(23,24)12-14)17-18-9-7-15(20-17)16(22)19-11-13-5-3-2-4-6-13/h2-7,9,14H,8,10-12H2,1H3,(H,19,22). The molecule has 8 heteroatoms. The molecule has 7 nitrogen and oxygen atoms in total. The van der Waals surface area contributed by atoms with Gasteiger partial charge in [-0.2, -0.15) is 0 Å². The van der Waals surface area contributed by atoms with Crippen LogP contribution in [-0.2, 0) is 16.4 Å². The van der Waals surface area contributed by atoms with Crippen LogP contribution in [0.4, 0.5) is 5.95 Å². The van der Waals surface area contributed by atoms with Gasteiger partial charge in [0.25, 0.3) is 5.91 Å². The van der Waals surface area contributed by atoms with Crippen LogP contribution in [0.2, 0.25) is 0 Å². The van der Waals surface area contributed by atoms with E-state index in [1.165, 1.54) is 6.20 Å². The fourth-order valence-corrected chi connectivity index (χ4v) is 4.53. The summed E-state index contributed by atoms with van der Waals surface area (Å²) in [4.78, 5) is 22.5. The van der Waals surface area contributed by atoms with Crippen LogP contribution in [0.5, 0.6) is 0 Å². The topological polar surface area (TPSA) is 92.3 Å². The second-order valence-corrected chi connectivity index (χ2v) is 8.31. The Kier molecular flexibility index (Phi) is 4.98. The Hall–Kier alpha value is -2.48. The van der Waals surface area contributed by atoms with Crippen molar-refractivity contribution in [2.24, 2.45) is 0 Å². The Balaban J connectivity index is 1.67. The third kappa shape index (κ3) is 4.33. The minimum Gasteiger partial charge on any atom is -0.347 e. The first-order chi connectivity index (χ1) is 11.9. The number of nitrogens with zero attached hydrogens (tertiary/aromatic N) is 3. The molecule has 25 heavy (non-hydrogen) atoms. The van der Waals surface area contributed by atoms with Gasteiger partial charge in [-0.1, -0.05) is 30.3 Å². The molecule has 1 saturated heterocycles. The maximum atomic E-state index is 12.3. The summed E-state index contributed by atoms with van der Waals surface area (Å²) in [7, 11) is -1.23. The van der Waals surface area contributed by atoms with Crippen LogP contribution in [0, 0.1) is 0 Å².